The van der Waals surface area contributed by atoms with Gasteiger partial charge in [0.2, 0.25) is 0 Å². The van der Waals surface area contributed by atoms with E-state index in [1.807, 2.05) is 0 Å². The fourth-order valence-corrected chi connectivity index (χ4v) is 2.49. The van der Waals surface area contributed by atoms with Crippen LogP contribution in [0.25, 0.3) is 0 Å². The average Bonchev–Trinajstić information content (AvgIpc) is 3.39. The van der Waals surface area contributed by atoms with Crippen LogP contribution >= 0.6 is 15.9 Å². The maximum absolute atomic E-state index is 14.3. The van der Waals surface area contributed by atoms with Crippen LogP contribution in [0.1, 0.15) is 28.9 Å². The second-order valence-electron chi connectivity index (χ2n) is 5.89. The maximum atomic E-state index is 14.3. The number of hydrogen-bond acceptors (Lipinski definition) is 4. The molecule has 5 nitrogen and oxygen atoms in total. The molecule has 0 radical (unpaired) electrons. The van der Waals surface area contributed by atoms with Crippen molar-refractivity contribution in [2.24, 2.45) is 5.92 Å². The lowest BCUT2D eigenvalue weighted by molar-refractivity contribution is 0.0270. The minimum absolute atomic E-state index is 0.0635. The summed E-state index contributed by atoms with van der Waals surface area (Å²) >= 11 is 3.32. The number of benzene rings is 1. The van der Waals surface area contributed by atoms with Gasteiger partial charge in [-0.1, -0.05) is 0 Å². The lowest BCUT2D eigenvalue weighted by Gasteiger charge is -2.14. The summed E-state index contributed by atoms with van der Waals surface area (Å²) in [6.07, 6.45) is 3.61. The summed E-state index contributed by atoms with van der Waals surface area (Å²) in [5, 5.41) is 2.72. The van der Waals surface area contributed by atoms with E-state index in [4.69, 9.17) is 4.84 Å². The first-order valence-electron chi connectivity index (χ1n) is 7.75. The zero-order chi connectivity index (χ0) is 18.0. The fraction of sp³-hybridized carbons (Fsp3) is 0.294. The van der Waals surface area contributed by atoms with Crippen molar-refractivity contribution in [3.05, 3.63) is 51.8 Å². The molecule has 2 aromatic rings. The largest absolute Gasteiger partial charge is 0.351 e. The van der Waals surface area contributed by atoms with Crippen molar-refractivity contribution >= 4 is 33.2 Å². The van der Waals surface area contributed by atoms with Crippen LogP contribution in [0, 0.1) is 24.5 Å². The Hall–Kier alpha value is -2.06. The van der Waals surface area contributed by atoms with Gasteiger partial charge >= 0.3 is 0 Å². The Morgan fingerprint density at radius 3 is 2.84 bits per heavy atom. The molecule has 1 aliphatic rings. The molecule has 1 heterocycles. The van der Waals surface area contributed by atoms with Gasteiger partial charge in [0, 0.05) is 4.47 Å². The number of amides is 1. The standard InChI is InChI=1S/C17H16BrF2N3O2/c1-9-13(18)6-11(7-21-9)22-16-12(4-5-14(19)15(16)20)17(24)23-25-8-10-2-3-10/h4-7,10,22H,2-3,8H2,1H3,(H,23,24). The van der Waals surface area contributed by atoms with Gasteiger partial charge < -0.3 is 5.32 Å². The van der Waals surface area contributed by atoms with Crippen molar-refractivity contribution in [3.8, 4) is 0 Å². The van der Waals surface area contributed by atoms with Gasteiger partial charge in [0.05, 0.1) is 35.4 Å². The number of carbonyl (C=O) groups is 1. The van der Waals surface area contributed by atoms with Crippen molar-refractivity contribution < 1.29 is 18.4 Å². The van der Waals surface area contributed by atoms with E-state index in [1.165, 1.54) is 12.3 Å². The summed E-state index contributed by atoms with van der Waals surface area (Å²) in [7, 11) is 0. The first-order valence-corrected chi connectivity index (χ1v) is 8.54. The second-order valence-corrected chi connectivity index (χ2v) is 6.74. The molecule has 0 atom stereocenters. The Balaban J connectivity index is 1.83. The predicted octanol–water partition coefficient (Wildman–Crippen LogP) is 4.25. The van der Waals surface area contributed by atoms with Gasteiger partial charge in [-0.3, -0.25) is 14.6 Å². The Labute approximate surface area is 151 Å². The van der Waals surface area contributed by atoms with Crippen molar-refractivity contribution in [1.29, 1.82) is 0 Å². The highest BCUT2D eigenvalue weighted by molar-refractivity contribution is 9.10. The summed E-state index contributed by atoms with van der Waals surface area (Å²) < 4.78 is 28.6. The molecule has 132 valence electrons. The van der Waals surface area contributed by atoms with Crippen molar-refractivity contribution in [1.82, 2.24) is 10.5 Å². The summed E-state index contributed by atoms with van der Waals surface area (Å²) in [5.41, 5.74) is 3.09. The molecule has 0 spiro atoms. The van der Waals surface area contributed by atoms with Crippen LogP contribution in [0.2, 0.25) is 0 Å². The van der Waals surface area contributed by atoms with E-state index in [2.05, 4.69) is 31.7 Å². The number of aryl methyl sites for hydroxylation is 1. The van der Waals surface area contributed by atoms with Gasteiger partial charge in [-0.25, -0.2) is 14.3 Å². The van der Waals surface area contributed by atoms with Gasteiger partial charge in [0.15, 0.2) is 11.6 Å². The van der Waals surface area contributed by atoms with Crippen LogP contribution in [0.15, 0.2) is 28.9 Å². The number of hydroxylamine groups is 1. The Bertz CT molecular complexity index is 813. The first-order chi connectivity index (χ1) is 12.0. The summed E-state index contributed by atoms with van der Waals surface area (Å²) in [6.45, 7) is 2.21. The minimum atomic E-state index is -1.15. The van der Waals surface area contributed by atoms with Crippen LogP contribution in [0.3, 0.4) is 0 Å². The highest BCUT2D eigenvalue weighted by atomic mass is 79.9. The van der Waals surface area contributed by atoms with E-state index in [0.29, 0.717) is 22.7 Å². The molecule has 0 bridgehead atoms. The number of nitrogens with zero attached hydrogens (tertiary/aromatic N) is 1. The number of aromatic nitrogens is 1. The molecule has 1 amide bonds. The highest BCUT2D eigenvalue weighted by Gasteiger charge is 2.23. The van der Waals surface area contributed by atoms with Crippen LogP contribution in [-0.2, 0) is 4.84 Å². The Morgan fingerprint density at radius 2 is 2.16 bits per heavy atom. The maximum Gasteiger partial charge on any atom is 0.277 e. The van der Waals surface area contributed by atoms with Crippen LogP contribution in [0.5, 0.6) is 0 Å². The van der Waals surface area contributed by atoms with E-state index < -0.39 is 17.5 Å². The Kier molecular flexibility index (Phi) is 5.29. The van der Waals surface area contributed by atoms with E-state index in [9.17, 15) is 13.6 Å². The highest BCUT2D eigenvalue weighted by Crippen LogP contribution is 2.29. The third-order valence-electron chi connectivity index (χ3n) is 3.81. The topological polar surface area (TPSA) is 63.2 Å². The van der Waals surface area contributed by atoms with Gasteiger partial charge in [0.1, 0.15) is 0 Å². The average molecular weight is 412 g/mol. The number of pyridine rings is 1. The molecule has 25 heavy (non-hydrogen) atoms. The monoisotopic (exact) mass is 411 g/mol. The molecular formula is C17H16BrF2N3O2. The van der Waals surface area contributed by atoms with Crippen LogP contribution < -0.4 is 10.8 Å². The number of anilines is 2. The lowest BCUT2D eigenvalue weighted by atomic mass is 10.1. The molecule has 0 aliphatic heterocycles. The van der Waals surface area contributed by atoms with Crippen LogP contribution in [0.4, 0.5) is 20.2 Å². The minimum Gasteiger partial charge on any atom is -0.351 e. The predicted molar refractivity (Wildman–Crippen MR) is 92.5 cm³/mol. The molecule has 1 saturated carbocycles. The first kappa shape index (κ1) is 17.8. The molecule has 3 rings (SSSR count). The molecule has 8 heteroatoms. The molecule has 0 unspecified atom stereocenters. The van der Waals surface area contributed by atoms with E-state index in [1.54, 1.807) is 13.0 Å². The van der Waals surface area contributed by atoms with E-state index in [0.717, 1.165) is 24.6 Å². The summed E-state index contributed by atoms with van der Waals surface area (Å²) in [5.74, 6) is -2.40. The molecule has 1 aromatic carbocycles. The summed E-state index contributed by atoms with van der Waals surface area (Å²) in [4.78, 5) is 21.5. The van der Waals surface area contributed by atoms with Crippen LogP contribution in [-0.4, -0.2) is 17.5 Å². The second kappa shape index (κ2) is 7.45. The van der Waals surface area contributed by atoms with Crippen molar-refractivity contribution in [3.63, 3.8) is 0 Å². The number of halogens is 3. The SMILES string of the molecule is Cc1ncc(Nc2c(C(=O)NOCC3CC3)ccc(F)c2F)cc1Br. The third-order valence-corrected chi connectivity index (χ3v) is 4.62. The molecule has 1 fully saturated rings. The molecule has 0 saturated heterocycles. The van der Waals surface area contributed by atoms with Gasteiger partial charge in [-0.05, 0) is 59.8 Å². The molecule has 1 aliphatic carbocycles. The third kappa shape index (κ3) is 4.32. The molecule has 2 N–H and O–H groups in total. The smallest absolute Gasteiger partial charge is 0.277 e. The normalized spacial score (nSPS) is 13.6. The zero-order valence-electron chi connectivity index (χ0n) is 13.4. The van der Waals surface area contributed by atoms with E-state index in [-0.39, 0.29) is 11.3 Å². The Morgan fingerprint density at radius 1 is 1.40 bits per heavy atom. The molecule has 1 aromatic heterocycles. The van der Waals surface area contributed by atoms with Gasteiger partial charge in [-0.15, -0.1) is 0 Å². The summed E-state index contributed by atoms with van der Waals surface area (Å²) in [6, 6.07) is 3.77. The van der Waals surface area contributed by atoms with Crippen molar-refractivity contribution in [2.75, 3.05) is 11.9 Å². The van der Waals surface area contributed by atoms with Gasteiger partial charge in [0.25, 0.3) is 5.91 Å². The van der Waals surface area contributed by atoms with E-state index >= 15 is 0 Å². The lowest BCUT2D eigenvalue weighted by Crippen LogP contribution is -2.26. The molecular weight excluding hydrogens is 396 g/mol. The number of carbonyl (C=O) groups excluding carboxylic acids is 1. The fourth-order valence-electron chi connectivity index (χ4n) is 2.15. The van der Waals surface area contributed by atoms with Gasteiger partial charge in [-0.2, -0.15) is 0 Å². The number of hydrogen-bond donors (Lipinski definition) is 2. The number of nitrogens with one attached hydrogen (secondary N) is 2. The number of rotatable bonds is 6. The van der Waals surface area contributed by atoms with Crippen molar-refractivity contribution in [2.45, 2.75) is 19.8 Å². The zero-order valence-corrected chi connectivity index (χ0v) is 15.0. The quantitative estimate of drug-likeness (QED) is 0.697.